The van der Waals surface area contributed by atoms with Gasteiger partial charge in [0, 0.05) is 50.0 Å². The molecule has 2 aliphatic heterocycles. The van der Waals surface area contributed by atoms with Gasteiger partial charge in [-0.1, -0.05) is 17.7 Å². The number of amides is 1. The lowest BCUT2D eigenvalue weighted by molar-refractivity contribution is -0.137. The summed E-state index contributed by atoms with van der Waals surface area (Å²) in [6.07, 6.45) is 1.39. The van der Waals surface area contributed by atoms with Crippen LogP contribution in [-0.2, 0) is 14.8 Å². The summed E-state index contributed by atoms with van der Waals surface area (Å²) >= 11 is 6.18. The Morgan fingerprint density at radius 2 is 1.76 bits per heavy atom. The Morgan fingerprint density at radius 3 is 2.44 bits per heavy atom. The molecular weight excluding hydrogens is 474 g/mol. The molecule has 1 atom stereocenters. The second-order valence-corrected chi connectivity index (χ2v) is 11.2. The maximum absolute atomic E-state index is 13.3. The number of hydrogen-bond donors (Lipinski definition) is 0. The van der Waals surface area contributed by atoms with Gasteiger partial charge in [0.15, 0.2) is 0 Å². The van der Waals surface area contributed by atoms with Crippen LogP contribution in [0.25, 0.3) is 0 Å². The average molecular weight is 506 g/mol. The molecule has 2 aromatic carbocycles. The van der Waals surface area contributed by atoms with Crippen LogP contribution in [0.4, 0.5) is 5.69 Å². The van der Waals surface area contributed by atoms with Crippen molar-refractivity contribution in [2.75, 3.05) is 50.8 Å². The second-order valence-electron chi connectivity index (χ2n) is 8.85. The van der Waals surface area contributed by atoms with E-state index in [2.05, 4.69) is 11.8 Å². The van der Waals surface area contributed by atoms with E-state index in [0.717, 1.165) is 24.3 Å². The molecule has 34 heavy (non-hydrogen) atoms. The molecule has 0 saturated carbocycles. The number of benzene rings is 2. The Morgan fingerprint density at radius 1 is 1.06 bits per heavy atom. The van der Waals surface area contributed by atoms with Gasteiger partial charge in [0.2, 0.25) is 15.9 Å². The number of rotatable bonds is 6. The molecule has 4 rings (SSSR count). The van der Waals surface area contributed by atoms with Gasteiger partial charge in [-0.3, -0.25) is 4.79 Å². The number of nitrogens with zero attached hydrogens (tertiary/aromatic N) is 3. The molecule has 184 valence electrons. The first-order valence-electron chi connectivity index (χ1n) is 11.8. The molecule has 0 spiro atoms. The Bertz CT molecular complexity index is 1120. The van der Waals surface area contributed by atoms with E-state index >= 15 is 0 Å². The van der Waals surface area contributed by atoms with E-state index in [9.17, 15) is 13.2 Å². The Kier molecular flexibility index (Phi) is 7.70. The molecule has 9 heteroatoms. The van der Waals surface area contributed by atoms with E-state index in [1.165, 1.54) is 4.31 Å². The number of carbonyl (C=O) groups is 1. The first kappa shape index (κ1) is 24.8. The van der Waals surface area contributed by atoms with Crippen molar-refractivity contribution in [2.45, 2.75) is 31.6 Å². The van der Waals surface area contributed by atoms with Crippen molar-refractivity contribution in [3.05, 3.63) is 53.1 Å². The zero-order chi connectivity index (χ0) is 24.3. The van der Waals surface area contributed by atoms with Gasteiger partial charge < -0.3 is 14.5 Å². The highest BCUT2D eigenvalue weighted by molar-refractivity contribution is 7.89. The van der Waals surface area contributed by atoms with Gasteiger partial charge in [0.05, 0.1) is 17.4 Å². The molecule has 2 saturated heterocycles. The summed E-state index contributed by atoms with van der Waals surface area (Å²) in [5.74, 6) is 0.375. The molecule has 0 aliphatic carbocycles. The normalized spacial score (nSPS) is 19.8. The van der Waals surface area contributed by atoms with Gasteiger partial charge in [-0.05, 0) is 68.7 Å². The van der Waals surface area contributed by atoms with E-state index in [4.69, 9.17) is 16.3 Å². The minimum atomic E-state index is -3.66. The monoisotopic (exact) mass is 505 g/mol. The van der Waals surface area contributed by atoms with Gasteiger partial charge in [-0.2, -0.15) is 4.31 Å². The molecule has 0 bridgehead atoms. The maximum Gasteiger partial charge on any atom is 0.243 e. The predicted octanol–water partition coefficient (Wildman–Crippen LogP) is 3.80. The lowest BCUT2D eigenvalue weighted by Gasteiger charge is -2.40. The Balaban J connectivity index is 1.38. The van der Waals surface area contributed by atoms with Crippen molar-refractivity contribution in [3.63, 3.8) is 0 Å². The Hall–Kier alpha value is -2.29. The summed E-state index contributed by atoms with van der Waals surface area (Å²) in [6, 6.07) is 12.4. The SMILES string of the molecule is CCOc1ccc(S(=O)(=O)N2CCC[C@H](C(=O)N3CCN(c4cc(Cl)ccc4C)CC3)C2)cc1. The number of anilines is 1. The molecule has 0 aromatic heterocycles. The minimum absolute atomic E-state index is 0.0501. The van der Waals surface area contributed by atoms with Crippen LogP contribution in [0.15, 0.2) is 47.4 Å². The summed E-state index contributed by atoms with van der Waals surface area (Å²) in [6.45, 7) is 7.82. The van der Waals surface area contributed by atoms with Crippen LogP contribution in [0.3, 0.4) is 0 Å². The fourth-order valence-electron chi connectivity index (χ4n) is 4.74. The van der Waals surface area contributed by atoms with Crippen LogP contribution in [0, 0.1) is 12.8 Å². The van der Waals surface area contributed by atoms with Gasteiger partial charge in [-0.15, -0.1) is 0 Å². The number of halogens is 1. The molecule has 7 nitrogen and oxygen atoms in total. The molecule has 2 heterocycles. The van der Waals surface area contributed by atoms with Crippen LogP contribution in [-0.4, -0.2) is 69.4 Å². The number of aryl methyl sites for hydroxylation is 1. The van der Waals surface area contributed by atoms with E-state index in [0.29, 0.717) is 49.9 Å². The number of hydrogen-bond acceptors (Lipinski definition) is 5. The molecule has 1 amide bonds. The van der Waals surface area contributed by atoms with Crippen LogP contribution >= 0.6 is 11.6 Å². The highest BCUT2D eigenvalue weighted by Gasteiger charge is 2.36. The second kappa shape index (κ2) is 10.5. The van der Waals surface area contributed by atoms with Crippen molar-refractivity contribution in [3.8, 4) is 5.75 Å². The average Bonchev–Trinajstić information content (AvgIpc) is 2.86. The van der Waals surface area contributed by atoms with Crippen molar-refractivity contribution >= 4 is 33.2 Å². The molecular formula is C25H32ClN3O4S. The fourth-order valence-corrected chi connectivity index (χ4v) is 6.43. The summed E-state index contributed by atoms with van der Waals surface area (Å²) in [5.41, 5.74) is 2.26. The van der Waals surface area contributed by atoms with Gasteiger partial charge >= 0.3 is 0 Å². The lowest BCUT2D eigenvalue weighted by Crippen LogP contribution is -2.53. The third-order valence-electron chi connectivity index (χ3n) is 6.61. The molecule has 2 fully saturated rings. The first-order valence-corrected chi connectivity index (χ1v) is 13.6. The molecule has 2 aromatic rings. The van der Waals surface area contributed by atoms with Crippen LogP contribution in [0.5, 0.6) is 5.75 Å². The zero-order valence-electron chi connectivity index (χ0n) is 19.7. The third kappa shape index (κ3) is 5.34. The van der Waals surface area contributed by atoms with Gasteiger partial charge in [0.1, 0.15) is 5.75 Å². The van der Waals surface area contributed by atoms with Crippen LogP contribution in [0.1, 0.15) is 25.3 Å². The predicted molar refractivity (Wildman–Crippen MR) is 134 cm³/mol. The number of piperazine rings is 1. The highest BCUT2D eigenvalue weighted by Crippen LogP contribution is 2.28. The summed E-state index contributed by atoms with van der Waals surface area (Å²) in [4.78, 5) is 17.7. The maximum atomic E-state index is 13.3. The van der Waals surface area contributed by atoms with Gasteiger partial charge in [0.25, 0.3) is 0 Å². The first-order chi connectivity index (χ1) is 16.3. The van der Waals surface area contributed by atoms with E-state index < -0.39 is 10.0 Å². The van der Waals surface area contributed by atoms with Crippen molar-refractivity contribution in [1.82, 2.24) is 9.21 Å². The largest absolute Gasteiger partial charge is 0.494 e. The summed E-state index contributed by atoms with van der Waals surface area (Å²) in [7, 11) is -3.66. The van der Waals surface area contributed by atoms with E-state index in [1.807, 2.05) is 30.0 Å². The standard InChI is InChI=1S/C25H32ClN3O4S/c1-3-33-22-8-10-23(11-9-22)34(31,32)29-12-4-5-20(18-29)25(30)28-15-13-27(14-16-28)24-17-21(26)7-6-19(24)2/h6-11,17,20H,3-5,12-16,18H2,1-2H3/t20-/m0/s1. The fraction of sp³-hybridized carbons (Fsp3) is 0.480. The van der Waals surface area contributed by atoms with Crippen LogP contribution in [0.2, 0.25) is 5.02 Å². The number of carbonyl (C=O) groups excluding carboxylic acids is 1. The third-order valence-corrected chi connectivity index (χ3v) is 8.72. The van der Waals surface area contributed by atoms with Gasteiger partial charge in [-0.25, -0.2) is 8.42 Å². The molecule has 0 unspecified atom stereocenters. The quantitative estimate of drug-likeness (QED) is 0.597. The molecule has 0 N–H and O–H groups in total. The van der Waals surface area contributed by atoms with Crippen LogP contribution < -0.4 is 9.64 Å². The number of sulfonamides is 1. The lowest BCUT2D eigenvalue weighted by atomic mass is 9.97. The summed E-state index contributed by atoms with van der Waals surface area (Å²) < 4.78 is 33.3. The topological polar surface area (TPSA) is 70.2 Å². The van der Waals surface area contributed by atoms with Crippen molar-refractivity contribution in [2.24, 2.45) is 5.92 Å². The Labute approximate surface area is 207 Å². The van der Waals surface area contributed by atoms with E-state index in [1.54, 1.807) is 24.3 Å². The van der Waals surface area contributed by atoms with Crippen molar-refractivity contribution in [1.29, 1.82) is 0 Å². The number of ether oxygens (including phenoxy) is 1. The zero-order valence-corrected chi connectivity index (χ0v) is 21.3. The highest BCUT2D eigenvalue weighted by atomic mass is 35.5. The smallest absolute Gasteiger partial charge is 0.243 e. The van der Waals surface area contributed by atoms with Crippen molar-refractivity contribution < 1.29 is 17.9 Å². The van der Waals surface area contributed by atoms with E-state index in [-0.39, 0.29) is 23.3 Å². The number of piperidine rings is 1. The summed E-state index contributed by atoms with van der Waals surface area (Å²) in [5, 5.41) is 0.704. The molecule has 2 aliphatic rings. The minimum Gasteiger partial charge on any atom is -0.494 e. The molecule has 0 radical (unpaired) electrons.